The monoisotopic (exact) mass is 370 g/mol. The predicted octanol–water partition coefficient (Wildman–Crippen LogP) is 1.50. The Balaban J connectivity index is 2.76. The molecule has 140 valence electrons. The average molecular weight is 370 g/mol. The lowest BCUT2D eigenvalue weighted by atomic mass is 9.85. The van der Waals surface area contributed by atoms with E-state index in [4.69, 9.17) is 10.5 Å². The van der Waals surface area contributed by atoms with E-state index in [0.717, 1.165) is 5.56 Å². The summed E-state index contributed by atoms with van der Waals surface area (Å²) in [4.78, 5) is 23.5. The van der Waals surface area contributed by atoms with Crippen molar-refractivity contribution in [3.05, 3.63) is 29.8 Å². The number of nitrogens with two attached hydrogens (primary N) is 1. The van der Waals surface area contributed by atoms with Gasteiger partial charge in [-0.2, -0.15) is 0 Å². The Hall–Kier alpha value is -1.77. The largest absolute Gasteiger partial charge is 0.392 e. The fraction of sp³-hybridized carbons (Fsp3) is 0.529. The van der Waals surface area contributed by atoms with Gasteiger partial charge in [-0.25, -0.2) is 17.9 Å². The fourth-order valence-electron chi connectivity index (χ4n) is 2.01. The maximum atomic E-state index is 12.4. The van der Waals surface area contributed by atoms with Crippen molar-refractivity contribution in [3.63, 3.8) is 0 Å². The highest BCUT2D eigenvalue weighted by atomic mass is 32.2. The van der Waals surface area contributed by atoms with Crippen LogP contribution in [0.1, 0.15) is 39.2 Å². The van der Waals surface area contributed by atoms with Crippen LogP contribution in [-0.2, 0) is 24.3 Å². The summed E-state index contributed by atoms with van der Waals surface area (Å²) in [5.41, 5.74) is 5.74. The van der Waals surface area contributed by atoms with Crippen molar-refractivity contribution in [3.8, 4) is 0 Å². The van der Waals surface area contributed by atoms with E-state index in [2.05, 4.69) is 4.72 Å². The first-order valence-electron chi connectivity index (χ1n) is 8.06. The molecule has 1 rings (SSSR count). The van der Waals surface area contributed by atoms with Gasteiger partial charge < -0.3 is 10.5 Å². The lowest BCUT2D eigenvalue weighted by Gasteiger charge is -2.29. The van der Waals surface area contributed by atoms with Crippen molar-refractivity contribution in [2.24, 2.45) is 11.1 Å². The molecule has 3 N–H and O–H groups in total. The van der Waals surface area contributed by atoms with Crippen LogP contribution in [0, 0.1) is 12.3 Å². The molecule has 1 aromatic rings. The third kappa shape index (κ3) is 6.22. The minimum atomic E-state index is -3.73. The molecular weight excluding hydrogens is 344 g/mol. The number of rotatable bonds is 8. The second-order valence-electron chi connectivity index (χ2n) is 6.65. The molecule has 0 saturated heterocycles. The molecule has 0 radical (unpaired) electrons. The Labute approximate surface area is 149 Å². The van der Waals surface area contributed by atoms with Crippen molar-refractivity contribution in [2.45, 2.75) is 51.5 Å². The predicted molar refractivity (Wildman–Crippen MR) is 94.1 cm³/mol. The molecule has 0 aliphatic heterocycles. The third-order valence-corrected chi connectivity index (χ3v) is 5.18. The van der Waals surface area contributed by atoms with Crippen molar-refractivity contribution in [2.75, 3.05) is 6.54 Å². The van der Waals surface area contributed by atoms with E-state index >= 15 is 0 Å². The number of nitrogens with one attached hydrogen (secondary N) is 1. The summed E-state index contributed by atoms with van der Waals surface area (Å²) in [6.45, 7) is 6.75. The van der Waals surface area contributed by atoms with E-state index in [9.17, 15) is 18.0 Å². The lowest BCUT2D eigenvalue weighted by Crippen LogP contribution is -2.51. The van der Waals surface area contributed by atoms with Crippen LogP contribution in [0.25, 0.3) is 0 Å². The Kier molecular flexibility index (Phi) is 7.28. The minimum Gasteiger partial charge on any atom is -0.392 e. The van der Waals surface area contributed by atoms with Gasteiger partial charge in [0.25, 0.3) is 0 Å². The molecule has 25 heavy (non-hydrogen) atoms. The van der Waals surface area contributed by atoms with E-state index in [-0.39, 0.29) is 17.9 Å². The number of sulfonamides is 1. The maximum Gasteiger partial charge on any atom is 0.331 e. The zero-order chi connectivity index (χ0) is 19.3. The van der Waals surface area contributed by atoms with Crippen LogP contribution in [0.4, 0.5) is 0 Å². The van der Waals surface area contributed by atoms with E-state index in [0.29, 0.717) is 6.42 Å². The first-order valence-corrected chi connectivity index (χ1v) is 9.54. The zero-order valence-electron chi connectivity index (χ0n) is 15.0. The topological polar surface area (TPSA) is 116 Å². The smallest absolute Gasteiger partial charge is 0.331 e. The molecule has 1 aromatic carbocycles. The number of esters is 2. The van der Waals surface area contributed by atoms with E-state index < -0.39 is 33.4 Å². The van der Waals surface area contributed by atoms with Gasteiger partial charge in [0.15, 0.2) is 0 Å². The number of carbonyl (C=O) groups is 2. The van der Waals surface area contributed by atoms with Crippen molar-refractivity contribution in [1.29, 1.82) is 0 Å². The van der Waals surface area contributed by atoms with E-state index in [1.54, 1.807) is 45.9 Å². The first-order chi connectivity index (χ1) is 11.5. The summed E-state index contributed by atoms with van der Waals surface area (Å²) >= 11 is 0. The number of ether oxygens (including phenoxy) is 1. The Bertz CT molecular complexity index is 728. The van der Waals surface area contributed by atoms with Crippen LogP contribution >= 0.6 is 0 Å². The van der Waals surface area contributed by atoms with Crippen LogP contribution in [0.15, 0.2) is 29.2 Å². The quantitative estimate of drug-likeness (QED) is 0.529. The maximum absolute atomic E-state index is 12.4. The summed E-state index contributed by atoms with van der Waals surface area (Å²) in [5, 5.41) is 0. The van der Waals surface area contributed by atoms with Gasteiger partial charge >= 0.3 is 11.9 Å². The molecule has 0 heterocycles. The van der Waals surface area contributed by atoms with Crippen molar-refractivity contribution in [1.82, 2.24) is 4.72 Å². The summed E-state index contributed by atoms with van der Waals surface area (Å²) in [5.74, 6) is -1.50. The van der Waals surface area contributed by atoms with Gasteiger partial charge in [-0.1, -0.05) is 32.9 Å². The van der Waals surface area contributed by atoms with Gasteiger partial charge in [0, 0.05) is 18.4 Å². The molecule has 1 atom stereocenters. The molecule has 0 spiro atoms. The van der Waals surface area contributed by atoms with Crippen LogP contribution < -0.4 is 10.5 Å². The number of aryl methyl sites for hydroxylation is 1. The molecule has 0 aromatic heterocycles. The van der Waals surface area contributed by atoms with E-state index in [1.807, 2.05) is 0 Å². The molecule has 0 amide bonds. The number of hydrogen-bond acceptors (Lipinski definition) is 6. The molecular formula is C17H26N2O5S. The molecule has 1 unspecified atom stereocenters. The number of carbonyl (C=O) groups excluding carboxylic acids is 2. The highest BCUT2D eigenvalue weighted by Crippen LogP contribution is 2.21. The Morgan fingerprint density at radius 1 is 1.32 bits per heavy atom. The molecule has 0 aliphatic rings. The third-order valence-electron chi connectivity index (χ3n) is 3.78. The Morgan fingerprint density at radius 2 is 1.96 bits per heavy atom. The van der Waals surface area contributed by atoms with Gasteiger partial charge in [-0.15, -0.1) is 0 Å². The summed E-state index contributed by atoms with van der Waals surface area (Å²) in [6, 6.07) is 5.33. The van der Waals surface area contributed by atoms with Crippen LogP contribution in [-0.4, -0.2) is 32.9 Å². The molecule has 8 heteroatoms. The minimum absolute atomic E-state index is 0.0818. The lowest BCUT2D eigenvalue weighted by molar-refractivity contribution is -0.162. The summed E-state index contributed by atoms with van der Waals surface area (Å²) in [7, 11) is -3.73. The van der Waals surface area contributed by atoms with Crippen molar-refractivity contribution >= 4 is 22.0 Å². The molecule has 0 aliphatic carbocycles. The zero-order valence-corrected chi connectivity index (χ0v) is 15.9. The Morgan fingerprint density at radius 3 is 2.52 bits per heavy atom. The SMILES string of the molecule is CCCC(=O)OC(=O)C(N)C(C)(C)CNS(=O)(=O)c1cccc(C)c1. The van der Waals surface area contributed by atoms with Gasteiger partial charge in [0.05, 0.1) is 4.90 Å². The summed E-state index contributed by atoms with van der Waals surface area (Å²) < 4.78 is 31.9. The highest BCUT2D eigenvalue weighted by molar-refractivity contribution is 7.89. The van der Waals surface area contributed by atoms with Gasteiger partial charge in [0.1, 0.15) is 6.04 Å². The molecule has 0 fully saturated rings. The molecule has 0 saturated carbocycles. The van der Waals surface area contributed by atoms with Crippen LogP contribution in [0.5, 0.6) is 0 Å². The van der Waals surface area contributed by atoms with Gasteiger partial charge in [-0.3, -0.25) is 4.79 Å². The highest BCUT2D eigenvalue weighted by Gasteiger charge is 2.35. The molecule has 7 nitrogen and oxygen atoms in total. The van der Waals surface area contributed by atoms with Gasteiger partial charge in [0.2, 0.25) is 10.0 Å². The second kappa shape index (κ2) is 8.55. The van der Waals surface area contributed by atoms with Crippen LogP contribution in [0.2, 0.25) is 0 Å². The average Bonchev–Trinajstić information content (AvgIpc) is 2.52. The van der Waals surface area contributed by atoms with Crippen molar-refractivity contribution < 1.29 is 22.7 Å². The summed E-state index contributed by atoms with van der Waals surface area (Å²) in [6.07, 6.45) is 0.680. The molecule has 0 bridgehead atoms. The second-order valence-corrected chi connectivity index (χ2v) is 8.42. The van der Waals surface area contributed by atoms with Gasteiger partial charge in [-0.05, 0) is 31.0 Å². The van der Waals surface area contributed by atoms with Crippen LogP contribution in [0.3, 0.4) is 0 Å². The number of benzene rings is 1. The standard InChI is InChI=1S/C17H26N2O5S/c1-5-7-14(20)24-16(21)15(18)17(3,4)11-19-25(22,23)13-9-6-8-12(2)10-13/h6,8-10,15,19H,5,7,11,18H2,1-4H3. The number of hydrogen-bond donors (Lipinski definition) is 2. The fourth-order valence-corrected chi connectivity index (χ4v) is 3.33. The first kappa shape index (κ1) is 21.3. The normalized spacial score (nSPS) is 13.3. The van der Waals surface area contributed by atoms with E-state index in [1.165, 1.54) is 6.07 Å².